The Hall–Kier alpha value is -0.830. The molecule has 2 nitrogen and oxygen atoms in total. The molecule has 3 heteroatoms. The number of carbonyl (C=O) groups excluding carboxylic acids is 1. The fraction of sp³-hybridized carbons (Fsp3) is 0.500. The SMILES string of the molecule is CCC1CCC(C)N1c1cc(Br)ccc1C=O. The summed E-state index contributed by atoms with van der Waals surface area (Å²) in [5.74, 6) is 0. The lowest BCUT2D eigenvalue weighted by Crippen LogP contribution is -2.34. The number of benzene rings is 1. The van der Waals surface area contributed by atoms with Crippen LogP contribution >= 0.6 is 15.9 Å². The summed E-state index contributed by atoms with van der Waals surface area (Å²) in [6.07, 6.45) is 4.53. The van der Waals surface area contributed by atoms with Gasteiger partial charge in [0.1, 0.15) is 0 Å². The summed E-state index contributed by atoms with van der Waals surface area (Å²) in [5, 5.41) is 0. The van der Waals surface area contributed by atoms with Crippen LogP contribution in [0.1, 0.15) is 43.5 Å². The van der Waals surface area contributed by atoms with Crippen molar-refractivity contribution in [1.82, 2.24) is 0 Å². The maximum absolute atomic E-state index is 11.2. The van der Waals surface area contributed by atoms with E-state index in [4.69, 9.17) is 0 Å². The van der Waals surface area contributed by atoms with E-state index in [0.717, 1.165) is 28.4 Å². The third kappa shape index (κ3) is 2.39. The Kier molecular flexibility index (Phi) is 3.87. The highest BCUT2D eigenvalue weighted by Crippen LogP contribution is 2.35. The lowest BCUT2D eigenvalue weighted by molar-refractivity contribution is 0.112. The number of anilines is 1. The van der Waals surface area contributed by atoms with E-state index in [2.05, 4.69) is 40.7 Å². The molecule has 2 unspecified atom stereocenters. The molecule has 1 fully saturated rings. The number of aldehydes is 1. The fourth-order valence-electron chi connectivity index (χ4n) is 2.75. The molecule has 1 saturated heterocycles. The van der Waals surface area contributed by atoms with Crippen LogP contribution in [0.5, 0.6) is 0 Å². The summed E-state index contributed by atoms with van der Waals surface area (Å²) in [6.45, 7) is 4.46. The Morgan fingerprint density at radius 1 is 1.47 bits per heavy atom. The predicted octanol–water partition coefficient (Wildman–Crippen LogP) is 4.03. The second kappa shape index (κ2) is 5.21. The smallest absolute Gasteiger partial charge is 0.152 e. The third-order valence-electron chi connectivity index (χ3n) is 3.65. The van der Waals surface area contributed by atoms with Crippen LogP contribution < -0.4 is 4.90 Å². The Bertz CT molecular complexity index is 419. The highest BCUT2D eigenvalue weighted by molar-refractivity contribution is 9.10. The van der Waals surface area contributed by atoms with Crippen molar-refractivity contribution in [3.63, 3.8) is 0 Å². The summed E-state index contributed by atoms with van der Waals surface area (Å²) in [5.41, 5.74) is 1.87. The van der Waals surface area contributed by atoms with Crippen molar-refractivity contribution >= 4 is 27.9 Å². The zero-order chi connectivity index (χ0) is 12.4. The van der Waals surface area contributed by atoms with E-state index in [-0.39, 0.29) is 0 Å². The molecule has 1 aliphatic heterocycles. The van der Waals surface area contributed by atoms with Gasteiger partial charge in [0.2, 0.25) is 0 Å². The van der Waals surface area contributed by atoms with Gasteiger partial charge in [-0.2, -0.15) is 0 Å². The van der Waals surface area contributed by atoms with Gasteiger partial charge < -0.3 is 4.90 Å². The van der Waals surface area contributed by atoms with Crippen molar-refractivity contribution in [2.45, 2.75) is 45.2 Å². The van der Waals surface area contributed by atoms with E-state index in [1.807, 2.05) is 12.1 Å². The Morgan fingerprint density at radius 2 is 2.24 bits per heavy atom. The first-order valence-corrected chi connectivity index (χ1v) is 6.99. The van der Waals surface area contributed by atoms with Gasteiger partial charge in [0.25, 0.3) is 0 Å². The van der Waals surface area contributed by atoms with Crippen LogP contribution in [0.25, 0.3) is 0 Å². The summed E-state index contributed by atoms with van der Waals surface area (Å²) in [4.78, 5) is 13.6. The van der Waals surface area contributed by atoms with E-state index in [1.165, 1.54) is 12.8 Å². The van der Waals surface area contributed by atoms with Crippen LogP contribution in [0.15, 0.2) is 22.7 Å². The molecule has 1 aromatic rings. The van der Waals surface area contributed by atoms with Crippen molar-refractivity contribution in [3.8, 4) is 0 Å². The highest BCUT2D eigenvalue weighted by atomic mass is 79.9. The predicted molar refractivity (Wildman–Crippen MR) is 74.8 cm³/mol. The van der Waals surface area contributed by atoms with Crippen molar-refractivity contribution < 1.29 is 4.79 Å². The topological polar surface area (TPSA) is 20.3 Å². The van der Waals surface area contributed by atoms with Crippen LogP contribution in [0.3, 0.4) is 0 Å². The van der Waals surface area contributed by atoms with Crippen molar-refractivity contribution in [2.24, 2.45) is 0 Å². The molecule has 2 atom stereocenters. The summed E-state index contributed by atoms with van der Waals surface area (Å²) >= 11 is 3.49. The Labute approximate surface area is 111 Å². The van der Waals surface area contributed by atoms with E-state index in [0.29, 0.717) is 12.1 Å². The number of rotatable bonds is 3. The van der Waals surface area contributed by atoms with Crippen molar-refractivity contribution in [2.75, 3.05) is 4.90 Å². The molecule has 0 spiro atoms. The van der Waals surface area contributed by atoms with Crippen molar-refractivity contribution in [1.29, 1.82) is 0 Å². The van der Waals surface area contributed by atoms with Gasteiger partial charge in [0.05, 0.1) is 0 Å². The molecule has 0 amide bonds. The molecule has 1 heterocycles. The second-order valence-electron chi connectivity index (χ2n) is 4.72. The Morgan fingerprint density at radius 3 is 2.88 bits per heavy atom. The lowest BCUT2D eigenvalue weighted by Gasteiger charge is -2.31. The number of halogens is 1. The molecule has 92 valence electrons. The summed E-state index contributed by atoms with van der Waals surface area (Å²) < 4.78 is 1.03. The molecule has 0 bridgehead atoms. The van der Waals surface area contributed by atoms with Gasteiger partial charge in [-0.1, -0.05) is 22.9 Å². The number of nitrogens with zero attached hydrogens (tertiary/aromatic N) is 1. The van der Waals surface area contributed by atoms with Crippen LogP contribution in [0.2, 0.25) is 0 Å². The summed E-state index contributed by atoms with van der Waals surface area (Å²) in [7, 11) is 0. The average molecular weight is 296 g/mol. The molecule has 2 rings (SSSR count). The van der Waals surface area contributed by atoms with Gasteiger partial charge in [0, 0.05) is 27.8 Å². The van der Waals surface area contributed by atoms with E-state index < -0.39 is 0 Å². The highest BCUT2D eigenvalue weighted by Gasteiger charge is 2.30. The molecular weight excluding hydrogens is 278 g/mol. The minimum atomic E-state index is 0.521. The lowest BCUT2D eigenvalue weighted by atomic mass is 10.1. The molecule has 0 N–H and O–H groups in total. The van der Waals surface area contributed by atoms with Crippen LogP contribution in [-0.4, -0.2) is 18.4 Å². The standard InChI is InChI=1S/C14H18BrNO/c1-3-13-7-4-10(2)16(13)14-8-12(15)6-5-11(14)9-17/h5-6,8-10,13H,3-4,7H2,1-2H3. The third-order valence-corrected chi connectivity index (χ3v) is 4.15. The molecule has 0 aliphatic carbocycles. The number of hydrogen-bond acceptors (Lipinski definition) is 2. The normalized spacial score (nSPS) is 24.1. The van der Waals surface area contributed by atoms with Crippen LogP contribution in [0, 0.1) is 0 Å². The van der Waals surface area contributed by atoms with Crippen molar-refractivity contribution in [3.05, 3.63) is 28.2 Å². The molecule has 0 saturated carbocycles. The fourth-order valence-corrected chi connectivity index (χ4v) is 3.10. The van der Waals surface area contributed by atoms with Crippen LogP contribution in [0.4, 0.5) is 5.69 Å². The number of carbonyl (C=O) groups is 1. The van der Waals surface area contributed by atoms with Gasteiger partial charge in [-0.15, -0.1) is 0 Å². The number of hydrogen-bond donors (Lipinski definition) is 0. The molecular formula is C14H18BrNO. The summed E-state index contributed by atoms with van der Waals surface area (Å²) in [6, 6.07) is 6.97. The zero-order valence-electron chi connectivity index (χ0n) is 10.3. The zero-order valence-corrected chi connectivity index (χ0v) is 11.9. The monoisotopic (exact) mass is 295 g/mol. The largest absolute Gasteiger partial charge is 0.365 e. The van der Waals surface area contributed by atoms with E-state index in [9.17, 15) is 4.79 Å². The first kappa shape index (κ1) is 12.6. The Balaban J connectivity index is 2.43. The van der Waals surface area contributed by atoms with Gasteiger partial charge >= 0.3 is 0 Å². The van der Waals surface area contributed by atoms with Gasteiger partial charge in [-0.05, 0) is 44.4 Å². The molecule has 0 radical (unpaired) electrons. The first-order chi connectivity index (χ1) is 8.17. The van der Waals surface area contributed by atoms with E-state index >= 15 is 0 Å². The minimum absolute atomic E-state index is 0.521. The van der Waals surface area contributed by atoms with E-state index in [1.54, 1.807) is 0 Å². The molecule has 0 aromatic heterocycles. The second-order valence-corrected chi connectivity index (χ2v) is 5.63. The first-order valence-electron chi connectivity index (χ1n) is 6.20. The maximum Gasteiger partial charge on any atom is 0.152 e. The minimum Gasteiger partial charge on any atom is -0.365 e. The maximum atomic E-state index is 11.2. The van der Waals surface area contributed by atoms with Gasteiger partial charge in [0.15, 0.2) is 6.29 Å². The molecule has 1 aliphatic rings. The van der Waals surface area contributed by atoms with Gasteiger partial charge in [-0.25, -0.2) is 0 Å². The van der Waals surface area contributed by atoms with Gasteiger partial charge in [-0.3, -0.25) is 4.79 Å². The average Bonchev–Trinajstić information content (AvgIpc) is 2.70. The van der Waals surface area contributed by atoms with Crippen LogP contribution in [-0.2, 0) is 0 Å². The quantitative estimate of drug-likeness (QED) is 0.785. The molecule has 1 aromatic carbocycles. The molecule has 17 heavy (non-hydrogen) atoms.